The first-order valence-electron chi connectivity index (χ1n) is 11.5. The first-order valence-corrected chi connectivity index (χ1v) is 11.5. The Morgan fingerprint density at radius 2 is 1.78 bits per heavy atom. The van der Waals surface area contributed by atoms with Crippen LogP contribution in [0.4, 0.5) is 0 Å². The Balaban J connectivity index is 1.61. The number of cyclic esters (lactones) is 1. The van der Waals surface area contributed by atoms with E-state index in [1.165, 1.54) is 6.08 Å². The molecular formula is C25H28O12. The number of benzene rings is 1. The molecule has 4 rings (SSSR count). The predicted molar refractivity (Wildman–Crippen MR) is 123 cm³/mol. The predicted octanol–water partition coefficient (Wildman–Crippen LogP) is -0.169. The smallest absolute Gasteiger partial charge is 0.374 e. The van der Waals surface area contributed by atoms with Gasteiger partial charge in [-0.3, -0.25) is 0 Å². The van der Waals surface area contributed by atoms with E-state index in [9.17, 15) is 40.2 Å². The van der Waals surface area contributed by atoms with Gasteiger partial charge in [0.2, 0.25) is 12.0 Å². The van der Waals surface area contributed by atoms with Gasteiger partial charge in [-0.2, -0.15) is 0 Å². The summed E-state index contributed by atoms with van der Waals surface area (Å²) in [6.07, 6.45) is -7.81. The number of esters is 1. The lowest BCUT2D eigenvalue weighted by molar-refractivity contribution is -0.339. The Morgan fingerprint density at radius 1 is 1.08 bits per heavy atom. The number of aliphatic hydroxyl groups is 5. The average molecular weight is 520 g/mol. The zero-order valence-corrected chi connectivity index (χ0v) is 19.5. The molecule has 12 heteroatoms. The number of aliphatic hydroxyl groups excluding tert-OH is 5. The summed E-state index contributed by atoms with van der Waals surface area (Å²) >= 11 is 0. The maximum Gasteiger partial charge on any atom is 0.374 e. The van der Waals surface area contributed by atoms with Crippen molar-refractivity contribution in [2.24, 2.45) is 11.8 Å². The summed E-state index contributed by atoms with van der Waals surface area (Å²) in [5.41, 5.74) is 0.553. The molecule has 1 aromatic rings. The van der Waals surface area contributed by atoms with Gasteiger partial charge in [0.25, 0.3) is 0 Å². The molecule has 0 radical (unpaired) electrons. The molecule has 3 aliphatic heterocycles. The molecule has 1 aromatic carbocycles. The van der Waals surface area contributed by atoms with Crippen LogP contribution in [0.2, 0.25) is 0 Å². The lowest BCUT2D eigenvalue weighted by Crippen LogP contribution is -2.60. The van der Waals surface area contributed by atoms with Gasteiger partial charge in [0.15, 0.2) is 6.29 Å². The highest BCUT2D eigenvalue weighted by Crippen LogP contribution is 2.42. The lowest BCUT2D eigenvalue weighted by atomic mass is 9.78. The van der Waals surface area contributed by atoms with Crippen LogP contribution in [0.1, 0.15) is 12.0 Å². The van der Waals surface area contributed by atoms with E-state index in [4.69, 9.17) is 18.9 Å². The van der Waals surface area contributed by atoms with E-state index in [1.807, 2.05) is 0 Å². The molecule has 12 nitrogen and oxygen atoms in total. The van der Waals surface area contributed by atoms with Crippen molar-refractivity contribution < 1.29 is 59.2 Å². The molecular weight excluding hydrogens is 492 g/mol. The standard InChI is InChI=1S/C25H28O12/c1-2-12-13(8-15-17(19(28)23(33)35-15)11-6-4-3-5-7-11)14(22(31)32)10-34-24(12)37-25-21(30)20(29)18(27)16(9-26)36-25/h2-7,10,12-13,15-16,18,20-21,24-30H,1,8-9H2,(H,31,32)/t12-,13+,15-,16-,18-,20+,21-,24+,25+/m1/s1. The van der Waals surface area contributed by atoms with E-state index in [2.05, 4.69) is 6.58 Å². The van der Waals surface area contributed by atoms with Crippen molar-refractivity contribution in [1.29, 1.82) is 0 Å². The van der Waals surface area contributed by atoms with Crippen LogP contribution in [0.3, 0.4) is 0 Å². The minimum absolute atomic E-state index is 0.0905. The SMILES string of the molecule is C=C[C@H]1[C@H](O[C@@H]2O[C@H](CO)[C@@H](O)[C@H](O)[C@H]2O)OC=C(C(=O)O)[C@H]1C[C@H]1OC(=O)C(O)=C1c1ccccc1. The number of carbonyl (C=O) groups excluding carboxylic acids is 1. The molecule has 0 bridgehead atoms. The number of hydrogen-bond donors (Lipinski definition) is 6. The molecule has 0 aliphatic carbocycles. The molecule has 9 atom stereocenters. The Kier molecular flexibility index (Phi) is 7.97. The molecule has 3 heterocycles. The van der Waals surface area contributed by atoms with Crippen molar-refractivity contribution >= 4 is 17.5 Å². The van der Waals surface area contributed by atoms with Crippen LogP contribution < -0.4 is 0 Å². The van der Waals surface area contributed by atoms with Gasteiger partial charge in [-0.15, -0.1) is 6.58 Å². The summed E-state index contributed by atoms with van der Waals surface area (Å²) in [7, 11) is 0. The van der Waals surface area contributed by atoms with Crippen LogP contribution in [-0.4, -0.2) is 92.3 Å². The minimum atomic E-state index is -1.71. The summed E-state index contributed by atoms with van der Waals surface area (Å²) in [5.74, 6) is -4.61. The molecule has 3 aliphatic rings. The molecule has 0 spiro atoms. The monoisotopic (exact) mass is 520 g/mol. The van der Waals surface area contributed by atoms with Crippen LogP contribution in [-0.2, 0) is 28.5 Å². The van der Waals surface area contributed by atoms with E-state index < -0.39 is 79.2 Å². The molecule has 200 valence electrons. The summed E-state index contributed by atoms with van der Waals surface area (Å²) < 4.78 is 22.0. The van der Waals surface area contributed by atoms with Gasteiger partial charge in [0.1, 0.15) is 30.5 Å². The van der Waals surface area contributed by atoms with Gasteiger partial charge in [0, 0.05) is 17.4 Å². The fourth-order valence-corrected chi connectivity index (χ4v) is 4.76. The molecule has 1 fully saturated rings. The molecule has 0 saturated carbocycles. The van der Waals surface area contributed by atoms with Crippen molar-refractivity contribution in [3.05, 3.63) is 66.1 Å². The summed E-state index contributed by atoms with van der Waals surface area (Å²) in [4.78, 5) is 24.3. The Hall–Kier alpha value is -3.26. The number of hydrogen-bond acceptors (Lipinski definition) is 11. The highest BCUT2D eigenvalue weighted by molar-refractivity contribution is 6.00. The molecule has 0 unspecified atom stereocenters. The van der Waals surface area contributed by atoms with Gasteiger partial charge >= 0.3 is 11.9 Å². The topological polar surface area (TPSA) is 192 Å². The normalized spacial score (nSPS) is 35.9. The van der Waals surface area contributed by atoms with Gasteiger partial charge in [-0.1, -0.05) is 36.4 Å². The van der Waals surface area contributed by atoms with Gasteiger partial charge in [-0.05, 0) is 12.0 Å². The van der Waals surface area contributed by atoms with Crippen LogP contribution in [0.15, 0.2) is 60.6 Å². The minimum Gasteiger partial charge on any atom is -0.502 e. The molecule has 0 aromatic heterocycles. The Labute approximate surface area is 211 Å². The molecule has 1 saturated heterocycles. The zero-order valence-electron chi connectivity index (χ0n) is 19.5. The lowest BCUT2D eigenvalue weighted by Gasteiger charge is -2.43. The van der Waals surface area contributed by atoms with E-state index in [-0.39, 0.29) is 17.6 Å². The first kappa shape index (κ1) is 26.8. The van der Waals surface area contributed by atoms with E-state index >= 15 is 0 Å². The Bertz CT molecular complexity index is 1080. The van der Waals surface area contributed by atoms with Crippen molar-refractivity contribution in [2.75, 3.05) is 6.61 Å². The van der Waals surface area contributed by atoms with Gasteiger partial charge in [0.05, 0.1) is 18.4 Å². The fourth-order valence-electron chi connectivity index (χ4n) is 4.76. The third kappa shape index (κ3) is 5.12. The summed E-state index contributed by atoms with van der Waals surface area (Å²) in [6, 6.07) is 8.53. The number of aliphatic carboxylic acids is 1. The summed E-state index contributed by atoms with van der Waals surface area (Å²) in [6.45, 7) is 3.08. The van der Waals surface area contributed by atoms with Crippen LogP contribution in [0, 0.1) is 11.8 Å². The highest BCUT2D eigenvalue weighted by atomic mass is 16.8. The average Bonchev–Trinajstić information content (AvgIpc) is 3.17. The summed E-state index contributed by atoms with van der Waals surface area (Å²) in [5, 5.41) is 60.0. The number of carboxylic acid groups (broad SMARTS) is 1. The molecule has 37 heavy (non-hydrogen) atoms. The van der Waals surface area contributed by atoms with Crippen LogP contribution in [0.25, 0.3) is 5.57 Å². The molecule has 6 N–H and O–H groups in total. The highest BCUT2D eigenvalue weighted by Gasteiger charge is 2.48. The molecule has 0 amide bonds. The quantitative estimate of drug-likeness (QED) is 0.196. The third-order valence-electron chi connectivity index (χ3n) is 6.72. The number of rotatable bonds is 8. The second kappa shape index (κ2) is 11.0. The second-order valence-electron chi connectivity index (χ2n) is 8.89. The van der Waals surface area contributed by atoms with Gasteiger partial charge in [-0.25, -0.2) is 9.59 Å². The van der Waals surface area contributed by atoms with Crippen molar-refractivity contribution in [3.8, 4) is 0 Å². The maximum atomic E-state index is 12.2. The fraction of sp³-hybridized carbons (Fsp3) is 0.440. The Morgan fingerprint density at radius 3 is 2.41 bits per heavy atom. The number of ether oxygens (including phenoxy) is 4. The van der Waals surface area contributed by atoms with E-state index in [1.54, 1.807) is 30.3 Å². The maximum absolute atomic E-state index is 12.2. The second-order valence-corrected chi connectivity index (χ2v) is 8.89. The third-order valence-corrected chi connectivity index (χ3v) is 6.72. The van der Waals surface area contributed by atoms with E-state index in [0.717, 1.165) is 6.26 Å². The number of carbonyl (C=O) groups is 2. The van der Waals surface area contributed by atoms with Crippen LogP contribution in [0.5, 0.6) is 0 Å². The van der Waals surface area contributed by atoms with Crippen molar-refractivity contribution in [3.63, 3.8) is 0 Å². The number of carboxylic acids is 1. The first-order chi connectivity index (χ1) is 17.7. The van der Waals surface area contributed by atoms with Crippen molar-refractivity contribution in [2.45, 2.75) is 49.5 Å². The zero-order chi connectivity index (χ0) is 26.9. The van der Waals surface area contributed by atoms with Crippen molar-refractivity contribution in [1.82, 2.24) is 0 Å². The van der Waals surface area contributed by atoms with Gasteiger partial charge < -0.3 is 49.6 Å². The largest absolute Gasteiger partial charge is 0.502 e. The van der Waals surface area contributed by atoms with E-state index in [0.29, 0.717) is 5.56 Å². The van der Waals surface area contributed by atoms with Crippen LogP contribution >= 0.6 is 0 Å².